The van der Waals surface area contributed by atoms with Gasteiger partial charge in [-0.25, -0.2) is 10.5 Å². The lowest BCUT2D eigenvalue weighted by molar-refractivity contribution is -0.127. The standard InChI is InChI=1S/C27H32N6O4/c1-37-31-26(36)22-17-33(20-6-3-2-4-7-20)25-21(24(22)35)16-28-27(30-25)29-19-11-9-18(10-12-19)13-15-32-14-5-8-23(32)34/h9-12,16-17,20H,2-8,13-15H2,1H3,(H,31,36)(H,28,29,30). The average molecular weight is 505 g/mol. The Morgan fingerprint density at radius 1 is 1.11 bits per heavy atom. The molecule has 0 atom stereocenters. The van der Waals surface area contributed by atoms with Gasteiger partial charge in [-0.3, -0.25) is 19.2 Å². The summed E-state index contributed by atoms with van der Waals surface area (Å²) in [6.45, 7) is 1.59. The average Bonchev–Trinajstić information content (AvgIpc) is 3.33. The topological polar surface area (TPSA) is 118 Å². The fourth-order valence-corrected chi connectivity index (χ4v) is 5.23. The number of nitrogens with one attached hydrogen (secondary N) is 2. The van der Waals surface area contributed by atoms with E-state index in [4.69, 9.17) is 9.82 Å². The summed E-state index contributed by atoms with van der Waals surface area (Å²) in [6, 6.07) is 8.13. The highest BCUT2D eigenvalue weighted by molar-refractivity contribution is 5.96. The zero-order chi connectivity index (χ0) is 25.8. The van der Waals surface area contributed by atoms with Crippen molar-refractivity contribution in [2.24, 2.45) is 0 Å². The molecule has 10 heteroatoms. The Hall–Kier alpha value is -3.79. The second kappa shape index (κ2) is 11.1. The molecule has 5 rings (SSSR count). The third kappa shape index (κ3) is 5.48. The van der Waals surface area contributed by atoms with E-state index in [1.807, 2.05) is 33.7 Å². The summed E-state index contributed by atoms with van der Waals surface area (Å²) in [7, 11) is 1.33. The second-order valence-corrected chi connectivity index (χ2v) is 9.69. The van der Waals surface area contributed by atoms with Crippen molar-refractivity contribution < 1.29 is 14.4 Å². The van der Waals surface area contributed by atoms with Crippen molar-refractivity contribution in [3.05, 3.63) is 58.0 Å². The number of fused-ring (bicyclic) bond motifs is 1. The Labute approximate surface area is 215 Å². The maximum atomic E-state index is 13.1. The molecule has 2 amide bonds. The number of carbonyl (C=O) groups is 2. The summed E-state index contributed by atoms with van der Waals surface area (Å²) in [4.78, 5) is 53.2. The number of hydrogen-bond acceptors (Lipinski definition) is 7. The molecule has 0 bridgehead atoms. The maximum Gasteiger partial charge on any atom is 0.280 e. The molecule has 10 nitrogen and oxygen atoms in total. The number of aromatic nitrogens is 3. The van der Waals surface area contributed by atoms with E-state index in [9.17, 15) is 14.4 Å². The molecule has 0 spiro atoms. The number of rotatable bonds is 8. The quantitative estimate of drug-likeness (QED) is 0.451. The Morgan fingerprint density at radius 3 is 2.59 bits per heavy atom. The van der Waals surface area contributed by atoms with E-state index in [-0.39, 0.29) is 17.5 Å². The molecule has 0 radical (unpaired) electrons. The van der Waals surface area contributed by atoms with Crippen LogP contribution >= 0.6 is 0 Å². The number of pyridine rings is 1. The Balaban J connectivity index is 1.39. The first-order valence-corrected chi connectivity index (χ1v) is 12.9. The predicted molar refractivity (Wildman–Crippen MR) is 140 cm³/mol. The SMILES string of the molecule is CONC(=O)c1cn(C2CCCCC2)c2nc(Nc3ccc(CCN4CCCC4=O)cc3)ncc2c1=O. The van der Waals surface area contributed by atoms with Crippen molar-refractivity contribution in [2.75, 3.05) is 25.5 Å². The molecule has 2 aliphatic rings. The lowest BCUT2D eigenvalue weighted by Crippen LogP contribution is -2.30. The fraction of sp³-hybridized carbons (Fsp3) is 0.444. The van der Waals surface area contributed by atoms with Gasteiger partial charge in [-0.2, -0.15) is 4.98 Å². The number of likely N-dealkylation sites (tertiary alicyclic amines) is 1. The highest BCUT2D eigenvalue weighted by Crippen LogP contribution is 2.30. The van der Waals surface area contributed by atoms with E-state index < -0.39 is 11.3 Å². The Morgan fingerprint density at radius 2 is 1.89 bits per heavy atom. The van der Waals surface area contributed by atoms with Gasteiger partial charge in [0.15, 0.2) is 0 Å². The summed E-state index contributed by atoms with van der Waals surface area (Å²) < 4.78 is 1.95. The molecule has 1 saturated carbocycles. The smallest absolute Gasteiger partial charge is 0.280 e. The summed E-state index contributed by atoms with van der Waals surface area (Å²) in [5.74, 6) is 0.0289. The van der Waals surface area contributed by atoms with Gasteiger partial charge in [-0.05, 0) is 43.4 Å². The molecule has 194 valence electrons. The van der Waals surface area contributed by atoms with Crippen LogP contribution in [0.2, 0.25) is 0 Å². The molecule has 0 unspecified atom stereocenters. The third-order valence-corrected chi connectivity index (χ3v) is 7.23. The van der Waals surface area contributed by atoms with Crippen LogP contribution in [-0.4, -0.2) is 51.4 Å². The van der Waals surface area contributed by atoms with Gasteiger partial charge in [0.25, 0.3) is 5.91 Å². The summed E-state index contributed by atoms with van der Waals surface area (Å²) >= 11 is 0. The minimum absolute atomic E-state index is 0.00968. The van der Waals surface area contributed by atoms with E-state index in [0.29, 0.717) is 23.4 Å². The van der Waals surface area contributed by atoms with E-state index in [0.717, 1.165) is 62.9 Å². The summed E-state index contributed by atoms with van der Waals surface area (Å²) in [5.41, 5.74) is 4.31. The van der Waals surface area contributed by atoms with Gasteiger partial charge in [-0.15, -0.1) is 0 Å². The van der Waals surface area contributed by atoms with Gasteiger partial charge in [0.1, 0.15) is 11.2 Å². The predicted octanol–water partition coefficient (Wildman–Crippen LogP) is 3.50. The van der Waals surface area contributed by atoms with Gasteiger partial charge in [0.2, 0.25) is 17.3 Å². The number of carbonyl (C=O) groups excluding carboxylic acids is 2. The van der Waals surface area contributed by atoms with E-state index in [2.05, 4.69) is 15.8 Å². The first-order valence-electron chi connectivity index (χ1n) is 12.9. The van der Waals surface area contributed by atoms with Crippen LogP contribution < -0.4 is 16.2 Å². The summed E-state index contributed by atoms with van der Waals surface area (Å²) in [5, 5.41) is 3.53. The number of anilines is 2. The van der Waals surface area contributed by atoms with Gasteiger partial charge in [0.05, 0.1) is 12.5 Å². The van der Waals surface area contributed by atoms with Crippen molar-refractivity contribution in [2.45, 2.75) is 57.4 Å². The van der Waals surface area contributed by atoms with E-state index in [1.54, 1.807) is 6.20 Å². The van der Waals surface area contributed by atoms with Crippen molar-refractivity contribution in [3.8, 4) is 0 Å². The molecule has 2 fully saturated rings. The number of benzene rings is 1. The minimum Gasteiger partial charge on any atom is -0.342 e. The van der Waals surface area contributed by atoms with Gasteiger partial charge < -0.3 is 14.8 Å². The molecule has 1 aliphatic heterocycles. The lowest BCUT2D eigenvalue weighted by atomic mass is 9.95. The minimum atomic E-state index is -0.588. The molecule has 1 aliphatic carbocycles. The fourth-order valence-electron chi connectivity index (χ4n) is 5.23. The maximum absolute atomic E-state index is 13.1. The van der Waals surface area contributed by atoms with Crippen LogP contribution in [0.15, 0.2) is 41.5 Å². The third-order valence-electron chi connectivity index (χ3n) is 7.23. The van der Waals surface area contributed by atoms with Gasteiger partial charge >= 0.3 is 0 Å². The number of nitrogens with zero attached hydrogens (tertiary/aromatic N) is 4. The number of amides is 2. The Kier molecular flexibility index (Phi) is 7.45. The molecule has 3 aromatic rings. The highest BCUT2D eigenvalue weighted by atomic mass is 16.6. The number of hydroxylamine groups is 1. The molecular formula is C27H32N6O4. The first kappa shape index (κ1) is 24.9. The van der Waals surface area contributed by atoms with Crippen LogP contribution in [0.1, 0.15) is 66.9 Å². The van der Waals surface area contributed by atoms with E-state index in [1.165, 1.54) is 19.7 Å². The molecule has 2 N–H and O–H groups in total. The molecule has 3 heterocycles. The normalized spacial score (nSPS) is 16.4. The summed E-state index contributed by atoms with van der Waals surface area (Å²) in [6.07, 6.45) is 10.8. The molecule has 1 aromatic carbocycles. The zero-order valence-electron chi connectivity index (χ0n) is 21.0. The first-order chi connectivity index (χ1) is 18.0. The van der Waals surface area contributed by atoms with E-state index >= 15 is 0 Å². The van der Waals surface area contributed by atoms with Crippen LogP contribution in [0.25, 0.3) is 11.0 Å². The van der Waals surface area contributed by atoms with Crippen LogP contribution in [0.4, 0.5) is 11.6 Å². The number of hydrogen-bond donors (Lipinski definition) is 2. The van der Waals surface area contributed by atoms with Crippen molar-refractivity contribution >= 4 is 34.5 Å². The Bertz CT molecular complexity index is 1350. The molecule has 37 heavy (non-hydrogen) atoms. The van der Waals surface area contributed by atoms with Gasteiger partial charge in [-0.1, -0.05) is 31.4 Å². The van der Waals surface area contributed by atoms with Crippen molar-refractivity contribution in [1.29, 1.82) is 0 Å². The van der Waals surface area contributed by atoms with Crippen LogP contribution in [0, 0.1) is 0 Å². The van der Waals surface area contributed by atoms with Crippen molar-refractivity contribution in [1.82, 2.24) is 24.9 Å². The van der Waals surface area contributed by atoms with Crippen LogP contribution in [0.3, 0.4) is 0 Å². The molecular weight excluding hydrogens is 472 g/mol. The second-order valence-electron chi connectivity index (χ2n) is 9.69. The lowest BCUT2D eigenvalue weighted by Gasteiger charge is -2.26. The van der Waals surface area contributed by atoms with Gasteiger partial charge in [0, 0.05) is 43.6 Å². The monoisotopic (exact) mass is 504 g/mol. The molecule has 2 aromatic heterocycles. The van der Waals surface area contributed by atoms with Crippen LogP contribution in [-0.2, 0) is 16.1 Å². The zero-order valence-corrected chi connectivity index (χ0v) is 21.0. The highest BCUT2D eigenvalue weighted by Gasteiger charge is 2.23. The van der Waals surface area contributed by atoms with Crippen LogP contribution in [0.5, 0.6) is 0 Å². The largest absolute Gasteiger partial charge is 0.342 e. The van der Waals surface area contributed by atoms with Crippen molar-refractivity contribution in [3.63, 3.8) is 0 Å². The molecule has 1 saturated heterocycles.